The van der Waals surface area contributed by atoms with Crippen LogP contribution in [0, 0.1) is 11.6 Å². The monoisotopic (exact) mass is 251 g/mol. The van der Waals surface area contributed by atoms with Crippen molar-refractivity contribution < 1.29 is 19.0 Å². The molecule has 0 bridgehead atoms. The molecule has 0 atom stereocenters. The maximum Gasteiger partial charge on any atom is 0.181 e. The molecule has 94 valence electrons. The van der Waals surface area contributed by atoms with Crippen LogP contribution in [0.25, 0.3) is 0 Å². The molecule has 0 amide bonds. The third-order valence-electron chi connectivity index (χ3n) is 2.49. The van der Waals surface area contributed by atoms with Crippen LogP contribution in [0.15, 0.2) is 36.4 Å². The molecular formula is C13H11F2NO2. The lowest BCUT2D eigenvalue weighted by molar-refractivity contribution is 0.446. The summed E-state index contributed by atoms with van der Waals surface area (Å²) < 4.78 is 26.3. The highest BCUT2D eigenvalue weighted by Gasteiger charge is 2.08. The van der Waals surface area contributed by atoms with E-state index in [1.165, 1.54) is 30.3 Å². The lowest BCUT2D eigenvalue weighted by Gasteiger charge is -2.09. The van der Waals surface area contributed by atoms with E-state index in [1.54, 1.807) is 0 Å². The van der Waals surface area contributed by atoms with Crippen LogP contribution in [0.2, 0.25) is 0 Å². The van der Waals surface area contributed by atoms with Crippen molar-refractivity contribution in [3.63, 3.8) is 0 Å². The van der Waals surface area contributed by atoms with Gasteiger partial charge in [0.1, 0.15) is 11.5 Å². The second kappa shape index (κ2) is 4.91. The van der Waals surface area contributed by atoms with Gasteiger partial charge in [-0.3, -0.25) is 0 Å². The molecule has 0 aromatic heterocycles. The van der Waals surface area contributed by atoms with Crippen molar-refractivity contribution in [2.75, 3.05) is 5.32 Å². The SMILES string of the molecule is Oc1ccc(CNc2cccc(F)c2F)c(O)c1. The summed E-state index contributed by atoms with van der Waals surface area (Å²) in [5, 5.41) is 21.3. The van der Waals surface area contributed by atoms with Crippen LogP contribution in [0.1, 0.15) is 5.56 Å². The Morgan fingerprint density at radius 1 is 1.06 bits per heavy atom. The van der Waals surface area contributed by atoms with Gasteiger partial charge in [-0.2, -0.15) is 0 Å². The predicted molar refractivity (Wildman–Crippen MR) is 63.5 cm³/mol. The van der Waals surface area contributed by atoms with Crippen LogP contribution in [-0.2, 0) is 6.54 Å². The first-order chi connectivity index (χ1) is 8.58. The summed E-state index contributed by atoms with van der Waals surface area (Å²) in [7, 11) is 0. The maximum absolute atomic E-state index is 13.3. The quantitative estimate of drug-likeness (QED) is 0.786. The number of anilines is 1. The lowest BCUT2D eigenvalue weighted by atomic mass is 10.2. The Hall–Kier alpha value is -2.30. The van der Waals surface area contributed by atoms with E-state index < -0.39 is 11.6 Å². The molecule has 3 N–H and O–H groups in total. The second-order valence-corrected chi connectivity index (χ2v) is 3.77. The predicted octanol–water partition coefficient (Wildman–Crippen LogP) is 2.99. The van der Waals surface area contributed by atoms with Crippen molar-refractivity contribution in [3.05, 3.63) is 53.6 Å². The Kier molecular flexibility index (Phi) is 3.32. The number of phenolic OH excluding ortho intramolecular Hbond substituents is 2. The van der Waals surface area contributed by atoms with Crippen LogP contribution >= 0.6 is 0 Å². The molecule has 0 unspecified atom stereocenters. The van der Waals surface area contributed by atoms with Gasteiger partial charge in [0, 0.05) is 18.2 Å². The summed E-state index contributed by atoms with van der Waals surface area (Å²) in [5.41, 5.74) is 0.485. The first-order valence-corrected chi connectivity index (χ1v) is 5.26. The van der Waals surface area contributed by atoms with Crippen molar-refractivity contribution >= 4 is 5.69 Å². The van der Waals surface area contributed by atoms with Crippen molar-refractivity contribution in [2.45, 2.75) is 6.54 Å². The highest BCUT2D eigenvalue weighted by atomic mass is 19.2. The van der Waals surface area contributed by atoms with E-state index in [0.29, 0.717) is 5.56 Å². The second-order valence-electron chi connectivity index (χ2n) is 3.77. The van der Waals surface area contributed by atoms with Crippen LogP contribution in [0.5, 0.6) is 11.5 Å². The number of benzene rings is 2. The molecule has 18 heavy (non-hydrogen) atoms. The highest BCUT2D eigenvalue weighted by molar-refractivity contribution is 5.47. The average molecular weight is 251 g/mol. The molecule has 2 rings (SSSR count). The zero-order valence-electron chi connectivity index (χ0n) is 9.32. The number of halogens is 2. The summed E-state index contributed by atoms with van der Waals surface area (Å²) in [6.07, 6.45) is 0. The Morgan fingerprint density at radius 3 is 2.56 bits per heavy atom. The summed E-state index contributed by atoms with van der Waals surface area (Å²) in [4.78, 5) is 0. The van der Waals surface area contributed by atoms with Gasteiger partial charge in [0.15, 0.2) is 11.6 Å². The number of phenols is 2. The van der Waals surface area contributed by atoms with Gasteiger partial charge < -0.3 is 15.5 Å². The zero-order chi connectivity index (χ0) is 13.1. The van der Waals surface area contributed by atoms with Gasteiger partial charge in [0.25, 0.3) is 0 Å². The van der Waals surface area contributed by atoms with Gasteiger partial charge in [0.05, 0.1) is 5.69 Å². The minimum atomic E-state index is -0.962. The van der Waals surface area contributed by atoms with Gasteiger partial charge in [-0.1, -0.05) is 6.07 Å². The first-order valence-electron chi connectivity index (χ1n) is 5.26. The average Bonchev–Trinajstić information content (AvgIpc) is 2.33. The fraction of sp³-hybridized carbons (Fsp3) is 0.0769. The number of rotatable bonds is 3. The number of hydrogen-bond acceptors (Lipinski definition) is 3. The fourth-order valence-electron chi connectivity index (χ4n) is 1.53. The Balaban J connectivity index is 2.14. The van der Waals surface area contributed by atoms with E-state index >= 15 is 0 Å². The number of aromatic hydroxyl groups is 2. The molecule has 0 spiro atoms. The number of hydrogen-bond donors (Lipinski definition) is 3. The van der Waals surface area contributed by atoms with Gasteiger partial charge in [-0.25, -0.2) is 8.78 Å². The molecule has 0 radical (unpaired) electrons. The molecule has 0 fully saturated rings. The van der Waals surface area contributed by atoms with Crippen molar-refractivity contribution in [1.29, 1.82) is 0 Å². The first kappa shape index (κ1) is 12.2. The van der Waals surface area contributed by atoms with Gasteiger partial charge in [0.2, 0.25) is 0 Å². The van der Waals surface area contributed by atoms with E-state index in [2.05, 4.69) is 5.32 Å². The van der Waals surface area contributed by atoms with Crippen molar-refractivity contribution in [1.82, 2.24) is 0 Å². The summed E-state index contributed by atoms with van der Waals surface area (Å²) >= 11 is 0. The van der Waals surface area contributed by atoms with Gasteiger partial charge >= 0.3 is 0 Å². The third-order valence-corrected chi connectivity index (χ3v) is 2.49. The van der Waals surface area contributed by atoms with Crippen LogP contribution in [0.4, 0.5) is 14.5 Å². The van der Waals surface area contributed by atoms with E-state index in [9.17, 15) is 13.9 Å². The van der Waals surface area contributed by atoms with Gasteiger partial charge in [-0.15, -0.1) is 0 Å². The van der Waals surface area contributed by atoms with Crippen molar-refractivity contribution in [2.24, 2.45) is 0 Å². The largest absolute Gasteiger partial charge is 0.508 e. The molecular weight excluding hydrogens is 240 g/mol. The minimum absolute atomic E-state index is 0.0162. The molecule has 3 nitrogen and oxygen atoms in total. The number of nitrogens with one attached hydrogen (secondary N) is 1. The van der Waals surface area contributed by atoms with Crippen LogP contribution in [0.3, 0.4) is 0 Å². The molecule has 0 saturated heterocycles. The van der Waals surface area contributed by atoms with Crippen molar-refractivity contribution in [3.8, 4) is 11.5 Å². The standard InChI is InChI=1S/C13H11F2NO2/c14-10-2-1-3-11(13(10)15)16-7-8-4-5-9(17)6-12(8)18/h1-6,16-18H,7H2. The van der Waals surface area contributed by atoms with E-state index in [0.717, 1.165) is 6.07 Å². The van der Waals surface area contributed by atoms with Gasteiger partial charge in [-0.05, 0) is 24.3 Å². The molecule has 0 saturated carbocycles. The Bertz CT molecular complexity index is 573. The molecule has 2 aromatic carbocycles. The lowest BCUT2D eigenvalue weighted by Crippen LogP contribution is -2.02. The molecule has 0 aliphatic carbocycles. The Labute approximate surface area is 102 Å². The molecule has 2 aromatic rings. The maximum atomic E-state index is 13.3. The fourth-order valence-corrected chi connectivity index (χ4v) is 1.53. The topological polar surface area (TPSA) is 52.5 Å². The smallest absolute Gasteiger partial charge is 0.181 e. The zero-order valence-corrected chi connectivity index (χ0v) is 9.32. The minimum Gasteiger partial charge on any atom is -0.508 e. The molecule has 0 aliphatic rings. The molecule has 5 heteroatoms. The molecule has 0 aliphatic heterocycles. The Morgan fingerprint density at radius 2 is 1.83 bits per heavy atom. The normalized spacial score (nSPS) is 10.3. The van der Waals surface area contributed by atoms with Crippen LogP contribution in [-0.4, -0.2) is 10.2 Å². The summed E-state index contributed by atoms with van der Waals surface area (Å²) in [6.45, 7) is 0.118. The third kappa shape index (κ3) is 2.51. The summed E-state index contributed by atoms with van der Waals surface area (Å²) in [6, 6.07) is 7.89. The van der Waals surface area contributed by atoms with E-state index in [1.807, 2.05) is 0 Å². The highest BCUT2D eigenvalue weighted by Crippen LogP contribution is 2.24. The van der Waals surface area contributed by atoms with E-state index in [4.69, 9.17) is 5.11 Å². The van der Waals surface area contributed by atoms with Crippen LogP contribution < -0.4 is 5.32 Å². The molecule has 0 heterocycles. The van der Waals surface area contributed by atoms with E-state index in [-0.39, 0.29) is 23.7 Å². The summed E-state index contributed by atoms with van der Waals surface area (Å²) in [5.74, 6) is -2.07.